The first kappa shape index (κ1) is 11.8. The number of aromatic nitrogens is 1. The quantitative estimate of drug-likeness (QED) is 0.820. The van der Waals surface area contributed by atoms with E-state index in [1.165, 1.54) is 4.90 Å². The molecule has 4 heteroatoms. The normalized spacial score (nSPS) is 19.5. The van der Waals surface area contributed by atoms with Crippen molar-refractivity contribution in [2.45, 2.75) is 13.3 Å². The number of amides is 1. The van der Waals surface area contributed by atoms with Gasteiger partial charge in [-0.1, -0.05) is 19.1 Å². The molecule has 0 saturated carbocycles. The van der Waals surface area contributed by atoms with Gasteiger partial charge in [0.2, 0.25) is 0 Å². The average Bonchev–Trinajstić information content (AvgIpc) is 2.85. The Kier molecular flexibility index (Phi) is 2.78. The van der Waals surface area contributed by atoms with Crippen LogP contribution >= 0.6 is 0 Å². The maximum Gasteiger partial charge on any atom is 0.411 e. The van der Waals surface area contributed by atoms with E-state index >= 15 is 0 Å². The van der Waals surface area contributed by atoms with E-state index in [4.69, 9.17) is 0 Å². The van der Waals surface area contributed by atoms with Crippen molar-refractivity contribution in [1.82, 2.24) is 9.88 Å². The summed E-state index contributed by atoms with van der Waals surface area (Å²) in [7, 11) is 0. The summed E-state index contributed by atoms with van der Waals surface area (Å²) in [5.41, 5.74) is 2.82. The molecule has 0 aliphatic carbocycles. The molecule has 1 aliphatic rings. The van der Waals surface area contributed by atoms with E-state index < -0.39 is 6.09 Å². The van der Waals surface area contributed by atoms with E-state index in [1.54, 1.807) is 0 Å². The Hall–Kier alpha value is -2.23. The lowest BCUT2D eigenvalue weighted by molar-refractivity contribution is 0.159. The summed E-state index contributed by atoms with van der Waals surface area (Å²) in [6.07, 6.45) is 3.95. The zero-order valence-corrected chi connectivity index (χ0v) is 10.8. The van der Waals surface area contributed by atoms with Crippen molar-refractivity contribution < 1.29 is 9.90 Å². The van der Waals surface area contributed by atoms with E-state index in [1.807, 2.05) is 36.5 Å². The van der Waals surface area contributed by atoms with Gasteiger partial charge in [-0.2, -0.15) is 0 Å². The predicted molar refractivity (Wildman–Crippen MR) is 74.8 cm³/mol. The van der Waals surface area contributed by atoms with Crippen LogP contribution in [0.5, 0.6) is 0 Å². The lowest BCUT2D eigenvalue weighted by Gasteiger charge is -2.30. The second-order valence-corrected chi connectivity index (χ2v) is 5.10. The monoisotopic (exact) mass is 256 g/mol. The maximum absolute atomic E-state index is 11.4. The van der Waals surface area contributed by atoms with Gasteiger partial charge in [-0.3, -0.25) is 4.90 Å². The molecule has 0 radical (unpaired) electrons. The number of nitrogens with zero attached hydrogens (tertiary/aromatic N) is 1. The molecule has 0 fully saturated rings. The van der Waals surface area contributed by atoms with Gasteiger partial charge < -0.3 is 10.1 Å². The molecule has 1 aromatic carbocycles. The minimum absolute atomic E-state index is 0.371. The fourth-order valence-corrected chi connectivity index (χ4v) is 2.58. The van der Waals surface area contributed by atoms with Crippen molar-refractivity contribution in [3.05, 3.63) is 42.1 Å². The summed E-state index contributed by atoms with van der Waals surface area (Å²) >= 11 is 0. The summed E-state index contributed by atoms with van der Waals surface area (Å²) in [5, 5.41) is 10.4. The van der Waals surface area contributed by atoms with E-state index in [0.29, 0.717) is 12.5 Å². The summed E-state index contributed by atoms with van der Waals surface area (Å²) in [5.74, 6) is 0.371. The van der Waals surface area contributed by atoms with Crippen molar-refractivity contribution in [2.24, 2.45) is 5.92 Å². The van der Waals surface area contributed by atoms with Crippen LogP contribution in [0.4, 0.5) is 4.79 Å². The molecule has 1 aliphatic heterocycles. The van der Waals surface area contributed by atoms with Gasteiger partial charge in [0.25, 0.3) is 0 Å². The van der Waals surface area contributed by atoms with E-state index in [0.717, 1.165) is 28.6 Å². The number of carbonyl (C=O) groups is 1. The summed E-state index contributed by atoms with van der Waals surface area (Å²) in [6, 6.07) is 7.99. The largest absolute Gasteiger partial charge is 0.465 e. The topological polar surface area (TPSA) is 56.3 Å². The van der Waals surface area contributed by atoms with Gasteiger partial charge in [-0.15, -0.1) is 0 Å². The third kappa shape index (κ3) is 2.10. The van der Waals surface area contributed by atoms with Crippen molar-refractivity contribution in [2.75, 3.05) is 6.54 Å². The fourth-order valence-electron chi connectivity index (χ4n) is 2.58. The molecule has 19 heavy (non-hydrogen) atoms. The van der Waals surface area contributed by atoms with Crippen LogP contribution in [0.3, 0.4) is 0 Å². The zero-order valence-electron chi connectivity index (χ0n) is 10.8. The number of benzene rings is 1. The van der Waals surface area contributed by atoms with Gasteiger partial charge in [0.15, 0.2) is 0 Å². The first-order valence-electron chi connectivity index (χ1n) is 6.43. The molecule has 4 nitrogen and oxygen atoms in total. The number of nitrogens with one attached hydrogen (secondary N) is 1. The van der Waals surface area contributed by atoms with Gasteiger partial charge in [-0.25, -0.2) is 4.79 Å². The summed E-state index contributed by atoms with van der Waals surface area (Å²) < 4.78 is 0. The van der Waals surface area contributed by atoms with Crippen LogP contribution in [-0.4, -0.2) is 27.6 Å². The fraction of sp³-hybridized carbons (Fsp3) is 0.267. The Morgan fingerprint density at radius 3 is 3.05 bits per heavy atom. The van der Waals surface area contributed by atoms with Crippen LogP contribution in [0.1, 0.15) is 18.9 Å². The second kappa shape index (κ2) is 4.46. The highest BCUT2D eigenvalue weighted by molar-refractivity contribution is 5.87. The highest BCUT2D eigenvalue weighted by Crippen LogP contribution is 2.29. The van der Waals surface area contributed by atoms with Crippen molar-refractivity contribution >= 4 is 22.7 Å². The molecule has 2 heterocycles. The Bertz CT molecular complexity index is 657. The number of carboxylic acid groups (broad SMARTS) is 1. The molecule has 0 spiro atoms. The molecular formula is C15H16N2O2. The van der Waals surface area contributed by atoms with Gasteiger partial charge in [0.1, 0.15) is 0 Å². The van der Waals surface area contributed by atoms with Crippen molar-refractivity contribution in [3.8, 4) is 0 Å². The highest BCUT2D eigenvalue weighted by atomic mass is 16.4. The molecule has 3 rings (SSSR count). The number of allylic oxidation sites excluding steroid dienone is 1. The Morgan fingerprint density at radius 2 is 2.26 bits per heavy atom. The highest BCUT2D eigenvalue weighted by Gasteiger charge is 2.24. The third-order valence-electron chi connectivity index (χ3n) is 3.58. The Morgan fingerprint density at radius 1 is 1.42 bits per heavy atom. The molecule has 1 atom stereocenters. The molecule has 98 valence electrons. The van der Waals surface area contributed by atoms with Crippen LogP contribution in [0.2, 0.25) is 0 Å². The molecular weight excluding hydrogens is 240 g/mol. The van der Waals surface area contributed by atoms with Crippen molar-refractivity contribution in [3.63, 3.8) is 0 Å². The maximum atomic E-state index is 11.4. The van der Waals surface area contributed by atoms with Gasteiger partial charge in [-0.05, 0) is 36.1 Å². The first-order chi connectivity index (χ1) is 9.15. The third-order valence-corrected chi connectivity index (χ3v) is 3.58. The molecule has 2 aromatic rings. The molecule has 0 saturated heterocycles. The second-order valence-electron chi connectivity index (χ2n) is 5.10. The number of fused-ring (bicyclic) bond motifs is 1. The van der Waals surface area contributed by atoms with Gasteiger partial charge >= 0.3 is 6.09 Å². The summed E-state index contributed by atoms with van der Waals surface area (Å²) in [6.45, 7) is 2.63. The molecule has 2 N–H and O–H groups in total. The molecule has 1 unspecified atom stereocenters. The number of aromatic amines is 1. The zero-order chi connectivity index (χ0) is 13.4. The van der Waals surface area contributed by atoms with E-state index in [9.17, 15) is 9.90 Å². The van der Waals surface area contributed by atoms with Crippen LogP contribution in [0, 0.1) is 5.92 Å². The lowest BCUT2D eigenvalue weighted by Crippen LogP contribution is -2.34. The number of hydrogen-bond donors (Lipinski definition) is 2. The first-order valence-corrected chi connectivity index (χ1v) is 6.43. The van der Waals surface area contributed by atoms with E-state index in [2.05, 4.69) is 11.9 Å². The standard InChI is InChI=1S/C15H16N2O2/c1-10-2-5-14(17(9-10)15(18)19)12-3-4-13-11(8-12)6-7-16-13/h3-8,10,16H,2,9H2,1H3,(H,18,19). The van der Waals surface area contributed by atoms with E-state index in [-0.39, 0.29) is 0 Å². The lowest BCUT2D eigenvalue weighted by atomic mass is 9.98. The molecule has 0 bridgehead atoms. The van der Waals surface area contributed by atoms with Gasteiger partial charge in [0.05, 0.1) is 5.70 Å². The van der Waals surface area contributed by atoms with Crippen LogP contribution in [0.25, 0.3) is 16.6 Å². The average molecular weight is 256 g/mol. The Balaban J connectivity index is 2.05. The SMILES string of the molecule is CC1CC=C(c2ccc3[nH]ccc3c2)N(C(=O)O)C1. The number of H-pyrrole nitrogens is 1. The predicted octanol–water partition coefficient (Wildman–Crippen LogP) is 3.53. The molecule has 1 amide bonds. The Labute approximate surface area is 111 Å². The number of rotatable bonds is 1. The van der Waals surface area contributed by atoms with Crippen LogP contribution < -0.4 is 0 Å². The van der Waals surface area contributed by atoms with Crippen LogP contribution in [-0.2, 0) is 0 Å². The minimum atomic E-state index is -0.882. The minimum Gasteiger partial charge on any atom is -0.465 e. The van der Waals surface area contributed by atoms with Gasteiger partial charge in [0, 0.05) is 23.6 Å². The number of hydrogen-bond acceptors (Lipinski definition) is 1. The summed E-state index contributed by atoms with van der Waals surface area (Å²) in [4.78, 5) is 16.0. The van der Waals surface area contributed by atoms with Crippen LogP contribution in [0.15, 0.2) is 36.5 Å². The smallest absolute Gasteiger partial charge is 0.411 e. The van der Waals surface area contributed by atoms with Crippen molar-refractivity contribution in [1.29, 1.82) is 0 Å². The molecule has 1 aromatic heterocycles.